The van der Waals surface area contributed by atoms with Crippen molar-refractivity contribution < 1.29 is 9.90 Å². The van der Waals surface area contributed by atoms with E-state index >= 15 is 0 Å². The predicted octanol–water partition coefficient (Wildman–Crippen LogP) is 4.40. The fourth-order valence-corrected chi connectivity index (χ4v) is 4.75. The highest BCUT2D eigenvalue weighted by atomic mass is 16.4. The minimum absolute atomic E-state index is 0.193. The largest absolute Gasteiger partial charge is 0.481 e. The third-order valence-corrected chi connectivity index (χ3v) is 6.24. The van der Waals surface area contributed by atoms with Crippen LogP contribution in [0.3, 0.4) is 0 Å². The molecule has 0 spiro atoms. The van der Waals surface area contributed by atoms with Crippen molar-refractivity contribution in [2.45, 2.75) is 63.3 Å². The van der Waals surface area contributed by atoms with Crippen LogP contribution in [0.5, 0.6) is 0 Å². The van der Waals surface area contributed by atoms with E-state index in [-0.39, 0.29) is 6.42 Å². The van der Waals surface area contributed by atoms with Crippen LogP contribution in [0.2, 0.25) is 0 Å². The van der Waals surface area contributed by atoms with Gasteiger partial charge in [0.25, 0.3) is 0 Å². The van der Waals surface area contributed by atoms with Crippen molar-refractivity contribution in [2.75, 3.05) is 18.0 Å². The van der Waals surface area contributed by atoms with Crippen LogP contribution in [-0.2, 0) is 11.3 Å². The van der Waals surface area contributed by atoms with Gasteiger partial charge in [0.15, 0.2) is 0 Å². The molecule has 5 heteroatoms. The molecule has 1 aliphatic carbocycles. The lowest BCUT2D eigenvalue weighted by Crippen LogP contribution is -2.25. The SMILES string of the molecule is O=C(O)CCN1CC(CCn2ccnc2)c2cc(C3CCCCC3)ccc21. The van der Waals surface area contributed by atoms with E-state index in [1.807, 2.05) is 18.7 Å². The predicted molar refractivity (Wildman–Crippen MR) is 106 cm³/mol. The van der Waals surface area contributed by atoms with Crippen LogP contribution in [0.1, 0.15) is 67.9 Å². The summed E-state index contributed by atoms with van der Waals surface area (Å²) in [5.74, 6) is 0.434. The number of aryl methyl sites for hydroxylation is 1. The molecular formula is C22H29N3O2. The molecule has 1 N–H and O–H groups in total. The number of hydrogen-bond donors (Lipinski definition) is 1. The first-order valence-electron chi connectivity index (χ1n) is 10.3. The lowest BCUT2D eigenvalue weighted by atomic mass is 9.82. The first-order valence-corrected chi connectivity index (χ1v) is 10.3. The van der Waals surface area contributed by atoms with Crippen LogP contribution in [0.25, 0.3) is 0 Å². The zero-order valence-electron chi connectivity index (χ0n) is 15.9. The van der Waals surface area contributed by atoms with E-state index in [9.17, 15) is 4.79 Å². The van der Waals surface area contributed by atoms with Gasteiger partial charge in [-0.05, 0) is 42.4 Å². The molecule has 1 aliphatic heterocycles. The van der Waals surface area contributed by atoms with E-state index in [1.165, 1.54) is 48.9 Å². The Kier molecular flexibility index (Phi) is 5.46. The molecule has 0 amide bonds. The van der Waals surface area contributed by atoms with Crippen LogP contribution >= 0.6 is 0 Å². The summed E-state index contributed by atoms with van der Waals surface area (Å²) in [4.78, 5) is 17.5. The van der Waals surface area contributed by atoms with Crippen molar-refractivity contribution in [2.24, 2.45) is 0 Å². The van der Waals surface area contributed by atoms with Crippen molar-refractivity contribution in [1.82, 2.24) is 9.55 Å². The smallest absolute Gasteiger partial charge is 0.305 e. The van der Waals surface area contributed by atoms with E-state index in [0.717, 1.165) is 19.5 Å². The number of carbonyl (C=O) groups is 1. The van der Waals surface area contributed by atoms with Crippen molar-refractivity contribution in [3.63, 3.8) is 0 Å². The van der Waals surface area contributed by atoms with E-state index in [0.29, 0.717) is 18.4 Å². The lowest BCUT2D eigenvalue weighted by molar-refractivity contribution is -0.136. The average molecular weight is 367 g/mol. The van der Waals surface area contributed by atoms with Crippen molar-refractivity contribution in [3.05, 3.63) is 48.0 Å². The number of aliphatic carboxylic acids is 1. The van der Waals surface area contributed by atoms with Gasteiger partial charge in [0, 0.05) is 43.6 Å². The van der Waals surface area contributed by atoms with E-state index < -0.39 is 5.97 Å². The molecule has 1 unspecified atom stereocenters. The molecule has 0 radical (unpaired) electrons. The molecule has 2 aromatic rings. The first kappa shape index (κ1) is 18.1. The second kappa shape index (κ2) is 8.15. The number of fused-ring (bicyclic) bond motifs is 1. The molecular weight excluding hydrogens is 338 g/mol. The number of anilines is 1. The van der Waals surface area contributed by atoms with Gasteiger partial charge in [0.2, 0.25) is 0 Å². The van der Waals surface area contributed by atoms with Gasteiger partial charge >= 0.3 is 5.97 Å². The number of carboxylic acids is 1. The fraction of sp³-hybridized carbons (Fsp3) is 0.545. The highest BCUT2D eigenvalue weighted by molar-refractivity contribution is 5.69. The number of carboxylic acid groups (broad SMARTS) is 1. The third-order valence-electron chi connectivity index (χ3n) is 6.24. The normalized spacial score (nSPS) is 20.0. The summed E-state index contributed by atoms with van der Waals surface area (Å²) < 4.78 is 2.13. The number of hydrogen-bond acceptors (Lipinski definition) is 3. The molecule has 1 atom stereocenters. The third kappa shape index (κ3) is 4.18. The van der Waals surface area contributed by atoms with Crippen LogP contribution < -0.4 is 4.90 Å². The van der Waals surface area contributed by atoms with Crippen molar-refractivity contribution >= 4 is 11.7 Å². The van der Waals surface area contributed by atoms with Crippen molar-refractivity contribution in [3.8, 4) is 0 Å². The maximum Gasteiger partial charge on any atom is 0.305 e. The molecule has 27 heavy (non-hydrogen) atoms. The second-order valence-corrected chi connectivity index (χ2v) is 8.03. The maximum atomic E-state index is 11.1. The quantitative estimate of drug-likeness (QED) is 0.788. The molecule has 1 aromatic heterocycles. The van der Waals surface area contributed by atoms with Crippen LogP contribution in [0, 0.1) is 0 Å². The molecule has 0 saturated heterocycles. The Bertz CT molecular complexity index is 766. The number of aromatic nitrogens is 2. The Hall–Kier alpha value is -2.30. The van der Waals surface area contributed by atoms with E-state index in [2.05, 4.69) is 32.7 Å². The summed E-state index contributed by atoms with van der Waals surface area (Å²) in [6, 6.07) is 6.98. The molecule has 2 aliphatic rings. The molecule has 1 aromatic carbocycles. The Morgan fingerprint density at radius 1 is 1.19 bits per heavy atom. The molecule has 4 rings (SSSR count). The zero-order valence-corrected chi connectivity index (χ0v) is 15.9. The number of nitrogens with zero attached hydrogens (tertiary/aromatic N) is 3. The van der Waals surface area contributed by atoms with E-state index in [4.69, 9.17) is 5.11 Å². The summed E-state index contributed by atoms with van der Waals surface area (Å²) in [5, 5.41) is 9.09. The number of imidazole rings is 1. The van der Waals surface area contributed by atoms with Crippen LogP contribution in [0.4, 0.5) is 5.69 Å². The Labute approximate surface area is 161 Å². The summed E-state index contributed by atoms with van der Waals surface area (Å²) in [6.45, 7) is 2.46. The van der Waals surface area contributed by atoms with Gasteiger partial charge in [-0.25, -0.2) is 4.98 Å². The molecule has 2 heterocycles. The summed E-state index contributed by atoms with van der Waals surface area (Å²) in [6.07, 6.45) is 13.6. The van der Waals surface area contributed by atoms with E-state index in [1.54, 1.807) is 0 Å². The Morgan fingerprint density at radius 2 is 2.04 bits per heavy atom. The van der Waals surface area contributed by atoms with Gasteiger partial charge in [-0.15, -0.1) is 0 Å². The minimum Gasteiger partial charge on any atom is -0.481 e. The second-order valence-electron chi connectivity index (χ2n) is 8.03. The lowest BCUT2D eigenvalue weighted by Gasteiger charge is -2.23. The first-order chi connectivity index (χ1) is 13.2. The molecule has 0 bridgehead atoms. The fourth-order valence-electron chi connectivity index (χ4n) is 4.75. The number of benzene rings is 1. The zero-order chi connectivity index (χ0) is 18.6. The standard InChI is InChI=1S/C22H29N3O2/c26-22(27)9-12-25-15-19(8-11-24-13-10-23-16-24)20-14-18(6-7-21(20)25)17-4-2-1-3-5-17/h6-7,10,13-14,16-17,19H,1-5,8-9,11-12,15H2,(H,26,27). The monoisotopic (exact) mass is 367 g/mol. The Balaban J connectivity index is 1.54. The highest BCUT2D eigenvalue weighted by Crippen LogP contribution is 2.42. The van der Waals surface area contributed by atoms with Crippen LogP contribution in [-0.4, -0.2) is 33.7 Å². The molecule has 144 valence electrons. The molecule has 1 fully saturated rings. The average Bonchev–Trinajstić information content (AvgIpc) is 3.33. The molecule has 1 saturated carbocycles. The Morgan fingerprint density at radius 3 is 2.78 bits per heavy atom. The van der Waals surface area contributed by atoms with Gasteiger partial charge < -0.3 is 14.6 Å². The summed E-state index contributed by atoms with van der Waals surface area (Å²) in [5.41, 5.74) is 4.15. The topological polar surface area (TPSA) is 58.4 Å². The van der Waals surface area contributed by atoms with Gasteiger partial charge in [-0.1, -0.05) is 31.4 Å². The van der Waals surface area contributed by atoms with Gasteiger partial charge in [0.05, 0.1) is 12.7 Å². The number of rotatable bonds is 7. The molecule has 5 nitrogen and oxygen atoms in total. The summed E-state index contributed by atoms with van der Waals surface area (Å²) in [7, 11) is 0. The van der Waals surface area contributed by atoms with Gasteiger partial charge in [-0.2, -0.15) is 0 Å². The minimum atomic E-state index is -0.725. The van der Waals surface area contributed by atoms with Gasteiger partial charge in [0.1, 0.15) is 0 Å². The summed E-state index contributed by atoms with van der Waals surface area (Å²) >= 11 is 0. The van der Waals surface area contributed by atoms with Crippen LogP contribution in [0.15, 0.2) is 36.9 Å². The van der Waals surface area contributed by atoms with Crippen molar-refractivity contribution in [1.29, 1.82) is 0 Å². The highest BCUT2D eigenvalue weighted by Gasteiger charge is 2.29. The maximum absolute atomic E-state index is 11.1. The van der Waals surface area contributed by atoms with Gasteiger partial charge in [-0.3, -0.25) is 4.79 Å².